The molecule has 0 unspecified atom stereocenters. The summed E-state index contributed by atoms with van der Waals surface area (Å²) in [5.41, 5.74) is 1.00. The van der Waals surface area contributed by atoms with Gasteiger partial charge in [0.2, 0.25) is 5.91 Å². The maximum absolute atomic E-state index is 11.6. The van der Waals surface area contributed by atoms with Gasteiger partial charge in [0.25, 0.3) is 0 Å². The molecule has 2 rings (SSSR count). The van der Waals surface area contributed by atoms with Gasteiger partial charge in [-0.2, -0.15) is 5.10 Å². The Labute approximate surface area is 82.4 Å². The van der Waals surface area contributed by atoms with Crippen LogP contribution in [-0.4, -0.2) is 16.1 Å². The lowest BCUT2D eigenvalue weighted by atomic mass is 10.1. The quantitative estimate of drug-likeness (QED) is 0.700. The van der Waals surface area contributed by atoms with Crippen LogP contribution in [0.15, 0.2) is 24.5 Å². The monoisotopic (exact) mass is 191 g/mol. The van der Waals surface area contributed by atoms with Crippen molar-refractivity contribution >= 4 is 5.91 Å². The zero-order valence-corrected chi connectivity index (χ0v) is 7.86. The molecule has 1 aliphatic carbocycles. The van der Waals surface area contributed by atoms with Crippen LogP contribution in [0.4, 0.5) is 0 Å². The molecule has 4 nitrogen and oxygen atoms in total. The largest absolute Gasteiger partial charge is 0.352 e. The number of aromatic amines is 1. The van der Waals surface area contributed by atoms with Crippen LogP contribution >= 0.6 is 0 Å². The van der Waals surface area contributed by atoms with Gasteiger partial charge in [-0.25, -0.2) is 0 Å². The number of nitrogens with one attached hydrogen (secondary N) is 2. The molecule has 1 aliphatic rings. The molecule has 0 spiro atoms. The molecule has 1 amide bonds. The van der Waals surface area contributed by atoms with Crippen LogP contribution in [0.5, 0.6) is 0 Å². The second-order valence-electron chi connectivity index (χ2n) is 3.46. The molecule has 1 heterocycles. The van der Waals surface area contributed by atoms with E-state index in [1.165, 1.54) is 0 Å². The van der Waals surface area contributed by atoms with Gasteiger partial charge in [-0.3, -0.25) is 9.89 Å². The fraction of sp³-hybridized carbons (Fsp3) is 0.400. The predicted octanol–water partition coefficient (Wildman–Crippen LogP) is 0.992. The smallest absolute Gasteiger partial charge is 0.224 e. The van der Waals surface area contributed by atoms with E-state index in [0.29, 0.717) is 6.54 Å². The lowest BCUT2D eigenvalue weighted by Crippen LogP contribution is -2.28. The Morgan fingerprint density at radius 2 is 2.36 bits per heavy atom. The Morgan fingerprint density at radius 3 is 3.00 bits per heavy atom. The molecule has 0 bridgehead atoms. The third kappa shape index (κ3) is 2.02. The fourth-order valence-corrected chi connectivity index (χ4v) is 1.54. The minimum absolute atomic E-state index is 0.135. The van der Waals surface area contributed by atoms with Crippen LogP contribution in [0, 0.1) is 5.92 Å². The van der Waals surface area contributed by atoms with Gasteiger partial charge >= 0.3 is 0 Å². The van der Waals surface area contributed by atoms with Gasteiger partial charge in [-0.15, -0.1) is 0 Å². The summed E-state index contributed by atoms with van der Waals surface area (Å²) in [6, 6.07) is 0. The van der Waals surface area contributed by atoms with Crippen LogP contribution < -0.4 is 5.32 Å². The van der Waals surface area contributed by atoms with E-state index in [-0.39, 0.29) is 11.8 Å². The second-order valence-corrected chi connectivity index (χ2v) is 3.46. The SMILES string of the molecule is O=C(NCc1cn[nH]c1)C1CC=CC1. The van der Waals surface area contributed by atoms with E-state index in [1.807, 2.05) is 0 Å². The highest BCUT2D eigenvalue weighted by Crippen LogP contribution is 2.17. The van der Waals surface area contributed by atoms with Gasteiger partial charge < -0.3 is 5.32 Å². The number of nitrogens with zero attached hydrogens (tertiary/aromatic N) is 1. The molecule has 0 fully saturated rings. The molecule has 1 aromatic heterocycles. The number of allylic oxidation sites excluding steroid dienone is 2. The molecule has 4 heteroatoms. The van der Waals surface area contributed by atoms with E-state index in [1.54, 1.807) is 12.4 Å². The molecular weight excluding hydrogens is 178 g/mol. The van der Waals surface area contributed by atoms with Crippen molar-refractivity contribution in [2.24, 2.45) is 5.92 Å². The highest BCUT2D eigenvalue weighted by atomic mass is 16.1. The highest BCUT2D eigenvalue weighted by molar-refractivity contribution is 5.79. The van der Waals surface area contributed by atoms with Crippen molar-refractivity contribution < 1.29 is 4.79 Å². The number of aromatic nitrogens is 2. The number of hydrogen-bond acceptors (Lipinski definition) is 2. The van der Waals surface area contributed by atoms with Gasteiger partial charge in [-0.1, -0.05) is 12.2 Å². The number of carbonyl (C=O) groups is 1. The summed E-state index contributed by atoms with van der Waals surface area (Å²) in [4.78, 5) is 11.6. The van der Waals surface area contributed by atoms with E-state index >= 15 is 0 Å². The Hall–Kier alpha value is -1.58. The van der Waals surface area contributed by atoms with Gasteiger partial charge in [0.15, 0.2) is 0 Å². The van der Waals surface area contributed by atoms with Crippen LogP contribution in [0.25, 0.3) is 0 Å². The Bertz CT molecular complexity index is 321. The third-order valence-electron chi connectivity index (χ3n) is 2.40. The summed E-state index contributed by atoms with van der Waals surface area (Å²) in [7, 11) is 0. The lowest BCUT2D eigenvalue weighted by Gasteiger charge is -2.08. The molecule has 1 aromatic rings. The van der Waals surface area contributed by atoms with Crippen molar-refractivity contribution in [1.29, 1.82) is 0 Å². The number of amides is 1. The van der Waals surface area contributed by atoms with Crippen molar-refractivity contribution in [2.45, 2.75) is 19.4 Å². The molecule has 0 radical (unpaired) electrons. The predicted molar refractivity (Wildman–Crippen MR) is 52.3 cm³/mol. The second kappa shape index (κ2) is 4.09. The first kappa shape index (κ1) is 8.99. The Balaban J connectivity index is 1.78. The van der Waals surface area contributed by atoms with E-state index in [4.69, 9.17) is 0 Å². The van der Waals surface area contributed by atoms with Crippen molar-refractivity contribution in [2.75, 3.05) is 0 Å². The molecule has 0 aromatic carbocycles. The molecule has 2 N–H and O–H groups in total. The molecule has 14 heavy (non-hydrogen) atoms. The van der Waals surface area contributed by atoms with Gasteiger partial charge in [0, 0.05) is 24.2 Å². The van der Waals surface area contributed by atoms with E-state index in [9.17, 15) is 4.79 Å². The molecule has 0 saturated carbocycles. The average Bonchev–Trinajstić information content (AvgIpc) is 2.87. The summed E-state index contributed by atoms with van der Waals surface area (Å²) < 4.78 is 0. The highest BCUT2D eigenvalue weighted by Gasteiger charge is 2.18. The summed E-state index contributed by atoms with van der Waals surface area (Å²) in [6.45, 7) is 0.561. The minimum atomic E-state index is 0.135. The van der Waals surface area contributed by atoms with E-state index in [2.05, 4.69) is 27.7 Å². The van der Waals surface area contributed by atoms with E-state index < -0.39 is 0 Å². The number of rotatable bonds is 3. The number of H-pyrrole nitrogens is 1. The average molecular weight is 191 g/mol. The topological polar surface area (TPSA) is 57.8 Å². The molecule has 0 aliphatic heterocycles. The van der Waals surface area contributed by atoms with Gasteiger partial charge in [-0.05, 0) is 12.8 Å². The Morgan fingerprint density at radius 1 is 1.57 bits per heavy atom. The molecule has 74 valence electrons. The summed E-state index contributed by atoms with van der Waals surface area (Å²) in [5.74, 6) is 0.276. The third-order valence-corrected chi connectivity index (χ3v) is 2.40. The van der Waals surface area contributed by atoms with Crippen molar-refractivity contribution in [3.05, 3.63) is 30.1 Å². The number of carbonyl (C=O) groups excluding carboxylic acids is 1. The number of hydrogen-bond donors (Lipinski definition) is 2. The zero-order chi connectivity index (χ0) is 9.80. The van der Waals surface area contributed by atoms with Crippen LogP contribution in [0.2, 0.25) is 0 Å². The summed E-state index contributed by atoms with van der Waals surface area (Å²) in [5, 5.41) is 9.41. The first-order valence-electron chi connectivity index (χ1n) is 4.76. The molecule has 0 saturated heterocycles. The molecular formula is C10H13N3O. The standard InChI is InChI=1S/C10H13N3O/c14-10(9-3-1-2-4-9)11-5-8-6-12-13-7-8/h1-2,6-7,9H,3-5H2,(H,11,14)(H,12,13). The van der Waals surface area contributed by atoms with E-state index in [0.717, 1.165) is 18.4 Å². The van der Waals surface area contributed by atoms with Crippen LogP contribution in [0.3, 0.4) is 0 Å². The Kier molecular flexibility index (Phi) is 2.62. The van der Waals surface area contributed by atoms with Crippen LogP contribution in [0.1, 0.15) is 18.4 Å². The first-order valence-corrected chi connectivity index (χ1v) is 4.76. The summed E-state index contributed by atoms with van der Waals surface area (Å²) in [6.07, 6.45) is 9.36. The van der Waals surface area contributed by atoms with Crippen molar-refractivity contribution in [3.8, 4) is 0 Å². The minimum Gasteiger partial charge on any atom is -0.352 e. The zero-order valence-electron chi connectivity index (χ0n) is 7.86. The first-order chi connectivity index (χ1) is 6.86. The summed E-state index contributed by atoms with van der Waals surface area (Å²) >= 11 is 0. The normalized spacial score (nSPS) is 16.0. The maximum Gasteiger partial charge on any atom is 0.224 e. The lowest BCUT2D eigenvalue weighted by molar-refractivity contribution is -0.124. The maximum atomic E-state index is 11.6. The molecule has 0 atom stereocenters. The van der Waals surface area contributed by atoms with Gasteiger partial charge in [0.05, 0.1) is 6.20 Å². The van der Waals surface area contributed by atoms with Crippen LogP contribution in [-0.2, 0) is 11.3 Å². The van der Waals surface area contributed by atoms with Gasteiger partial charge in [0.1, 0.15) is 0 Å². The van der Waals surface area contributed by atoms with Crippen molar-refractivity contribution in [1.82, 2.24) is 15.5 Å². The van der Waals surface area contributed by atoms with Crippen molar-refractivity contribution in [3.63, 3.8) is 0 Å². The fourth-order valence-electron chi connectivity index (χ4n) is 1.54.